The molecule has 0 bridgehead atoms. The Morgan fingerprint density at radius 3 is 2.47 bits per heavy atom. The number of carbonyl (C=O) groups excluding carboxylic acids is 1. The van der Waals surface area contributed by atoms with Gasteiger partial charge in [-0.15, -0.1) is 0 Å². The number of hydroxylamine groups is 2. The van der Waals surface area contributed by atoms with Gasteiger partial charge in [0.25, 0.3) is 5.91 Å². The maximum atomic E-state index is 11.3. The van der Waals surface area contributed by atoms with Gasteiger partial charge in [0.2, 0.25) is 0 Å². The van der Waals surface area contributed by atoms with Crippen molar-refractivity contribution in [1.82, 2.24) is 5.06 Å². The van der Waals surface area contributed by atoms with E-state index in [0.717, 1.165) is 10.6 Å². The van der Waals surface area contributed by atoms with Gasteiger partial charge in [-0.3, -0.25) is 9.63 Å². The van der Waals surface area contributed by atoms with Crippen molar-refractivity contribution in [3.63, 3.8) is 0 Å². The summed E-state index contributed by atoms with van der Waals surface area (Å²) in [7, 11) is 2.98. The summed E-state index contributed by atoms with van der Waals surface area (Å²) in [6, 6.07) is 7.52. The van der Waals surface area contributed by atoms with Crippen molar-refractivity contribution in [3.05, 3.63) is 29.8 Å². The first-order valence-corrected chi connectivity index (χ1v) is 4.63. The topological polar surface area (TPSA) is 38.8 Å². The van der Waals surface area contributed by atoms with Gasteiger partial charge in [-0.2, -0.15) is 0 Å². The predicted octanol–water partition coefficient (Wildman–Crippen LogP) is 1.39. The van der Waals surface area contributed by atoms with Crippen LogP contribution in [0.4, 0.5) is 0 Å². The van der Waals surface area contributed by atoms with Crippen LogP contribution in [-0.2, 0) is 9.63 Å². The quantitative estimate of drug-likeness (QED) is 0.703. The van der Waals surface area contributed by atoms with Crippen molar-refractivity contribution in [2.24, 2.45) is 0 Å². The third kappa shape index (κ3) is 3.59. The molecule has 0 fully saturated rings. The second-order valence-electron chi connectivity index (χ2n) is 3.18. The fourth-order valence-electron chi connectivity index (χ4n) is 0.972. The normalized spacial score (nSPS) is 9.80. The Morgan fingerprint density at radius 2 is 1.93 bits per heavy atom. The molecule has 4 heteroatoms. The Balaban J connectivity index is 2.43. The molecule has 4 nitrogen and oxygen atoms in total. The van der Waals surface area contributed by atoms with Crippen LogP contribution in [-0.4, -0.2) is 31.7 Å². The molecule has 1 aromatic carbocycles. The minimum atomic E-state index is -0.224. The molecular weight excluding hydrogens is 194 g/mol. The van der Waals surface area contributed by atoms with E-state index in [9.17, 15) is 4.79 Å². The molecule has 0 aliphatic heterocycles. The molecule has 0 N–H and O–H groups in total. The lowest BCUT2D eigenvalue weighted by Crippen LogP contribution is -2.30. The van der Waals surface area contributed by atoms with E-state index < -0.39 is 0 Å². The zero-order valence-electron chi connectivity index (χ0n) is 9.19. The molecule has 0 heterocycles. The molecule has 0 spiro atoms. The van der Waals surface area contributed by atoms with E-state index in [1.54, 1.807) is 7.05 Å². The van der Waals surface area contributed by atoms with Gasteiger partial charge < -0.3 is 4.74 Å². The molecule has 0 atom stereocenters. The second-order valence-corrected chi connectivity index (χ2v) is 3.18. The van der Waals surface area contributed by atoms with Crippen LogP contribution in [0.1, 0.15) is 5.56 Å². The molecule has 0 aromatic heterocycles. The Hall–Kier alpha value is -1.55. The molecule has 0 saturated heterocycles. The van der Waals surface area contributed by atoms with E-state index in [2.05, 4.69) is 0 Å². The van der Waals surface area contributed by atoms with Gasteiger partial charge in [-0.1, -0.05) is 17.7 Å². The summed E-state index contributed by atoms with van der Waals surface area (Å²) in [5.74, 6) is 0.455. The highest BCUT2D eigenvalue weighted by Crippen LogP contribution is 2.11. The molecule has 0 unspecified atom stereocenters. The van der Waals surface area contributed by atoms with Gasteiger partial charge in [-0.05, 0) is 19.1 Å². The van der Waals surface area contributed by atoms with Gasteiger partial charge in [0.1, 0.15) is 5.75 Å². The number of likely N-dealkylation sites (N-methyl/N-ethyl adjacent to an activating group) is 1. The summed E-state index contributed by atoms with van der Waals surface area (Å²) in [5.41, 5.74) is 1.16. The van der Waals surface area contributed by atoms with E-state index in [-0.39, 0.29) is 12.5 Å². The average molecular weight is 209 g/mol. The summed E-state index contributed by atoms with van der Waals surface area (Å²) < 4.78 is 5.27. The standard InChI is InChI=1S/C11H15NO3/c1-9-4-6-10(7-5-9)15-8-11(13)12(2)14-3/h4-7H,8H2,1-3H3. The van der Waals surface area contributed by atoms with Crippen molar-refractivity contribution in [3.8, 4) is 5.75 Å². The van der Waals surface area contributed by atoms with E-state index in [1.165, 1.54) is 7.11 Å². The lowest BCUT2D eigenvalue weighted by atomic mass is 10.2. The Labute approximate surface area is 89.4 Å². The van der Waals surface area contributed by atoms with Crippen molar-refractivity contribution in [2.45, 2.75) is 6.92 Å². The fourth-order valence-corrected chi connectivity index (χ4v) is 0.972. The summed E-state index contributed by atoms with van der Waals surface area (Å²) in [4.78, 5) is 16.0. The number of benzene rings is 1. The van der Waals surface area contributed by atoms with E-state index in [1.807, 2.05) is 31.2 Å². The molecule has 1 aromatic rings. The molecule has 15 heavy (non-hydrogen) atoms. The van der Waals surface area contributed by atoms with Crippen molar-refractivity contribution >= 4 is 5.91 Å². The van der Waals surface area contributed by atoms with Crippen molar-refractivity contribution in [1.29, 1.82) is 0 Å². The van der Waals surface area contributed by atoms with E-state index in [4.69, 9.17) is 9.57 Å². The first kappa shape index (κ1) is 11.5. The van der Waals surface area contributed by atoms with Crippen LogP contribution in [0, 0.1) is 6.92 Å². The van der Waals surface area contributed by atoms with Crippen molar-refractivity contribution < 1.29 is 14.4 Å². The summed E-state index contributed by atoms with van der Waals surface area (Å²) >= 11 is 0. The Bertz CT molecular complexity index is 321. The highest BCUT2D eigenvalue weighted by Gasteiger charge is 2.08. The number of carbonyl (C=O) groups is 1. The number of hydrogen-bond donors (Lipinski definition) is 0. The molecule has 0 saturated carbocycles. The monoisotopic (exact) mass is 209 g/mol. The maximum Gasteiger partial charge on any atom is 0.283 e. The first-order chi connectivity index (χ1) is 7.13. The zero-order valence-corrected chi connectivity index (χ0v) is 9.19. The summed E-state index contributed by atoms with van der Waals surface area (Å²) in [5, 5.41) is 1.13. The maximum absolute atomic E-state index is 11.3. The predicted molar refractivity (Wildman–Crippen MR) is 56.5 cm³/mol. The minimum Gasteiger partial charge on any atom is -0.484 e. The van der Waals surface area contributed by atoms with Crippen LogP contribution < -0.4 is 4.74 Å². The lowest BCUT2D eigenvalue weighted by molar-refractivity contribution is -0.170. The smallest absolute Gasteiger partial charge is 0.283 e. The summed E-state index contributed by atoms with van der Waals surface area (Å²) in [6.07, 6.45) is 0. The Kier molecular flexibility index (Phi) is 4.12. The van der Waals surface area contributed by atoms with Gasteiger partial charge in [0.15, 0.2) is 6.61 Å². The van der Waals surface area contributed by atoms with E-state index >= 15 is 0 Å². The largest absolute Gasteiger partial charge is 0.484 e. The highest BCUT2D eigenvalue weighted by molar-refractivity contribution is 5.76. The van der Waals surface area contributed by atoms with Gasteiger partial charge in [0, 0.05) is 7.05 Å². The number of rotatable bonds is 4. The van der Waals surface area contributed by atoms with Gasteiger partial charge >= 0.3 is 0 Å². The molecule has 1 rings (SSSR count). The number of nitrogens with zero attached hydrogens (tertiary/aromatic N) is 1. The number of ether oxygens (including phenoxy) is 1. The SMILES string of the molecule is CON(C)C(=O)COc1ccc(C)cc1. The summed E-state index contributed by atoms with van der Waals surface area (Å²) in [6.45, 7) is 1.97. The van der Waals surface area contributed by atoms with Gasteiger partial charge in [-0.25, -0.2) is 5.06 Å². The van der Waals surface area contributed by atoms with Crippen LogP contribution in [0.5, 0.6) is 5.75 Å². The molecule has 0 radical (unpaired) electrons. The number of amides is 1. The zero-order chi connectivity index (χ0) is 11.3. The highest BCUT2D eigenvalue weighted by atomic mass is 16.7. The van der Waals surface area contributed by atoms with Crippen LogP contribution in [0.3, 0.4) is 0 Å². The van der Waals surface area contributed by atoms with Crippen LogP contribution >= 0.6 is 0 Å². The van der Waals surface area contributed by atoms with E-state index in [0.29, 0.717) is 5.75 Å². The molecule has 82 valence electrons. The molecule has 0 aliphatic carbocycles. The molecule has 0 aliphatic rings. The van der Waals surface area contributed by atoms with Crippen LogP contribution in [0.15, 0.2) is 24.3 Å². The fraction of sp³-hybridized carbons (Fsp3) is 0.364. The lowest BCUT2D eigenvalue weighted by Gasteiger charge is -2.13. The van der Waals surface area contributed by atoms with Crippen LogP contribution in [0.25, 0.3) is 0 Å². The Morgan fingerprint density at radius 1 is 1.33 bits per heavy atom. The minimum absolute atomic E-state index is 0.0204. The van der Waals surface area contributed by atoms with Crippen LogP contribution in [0.2, 0.25) is 0 Å². The van der Waals surface area contributed by atoms with Crippen molar-refractivity contribution in [2.75, 3.05) is 20.8 Å². The molecule has 1 amide bonds. The first-order valence-electron chi connectivity index (χ1n) is 4.63. The van der Waals surface area contributed by atoms with Gasteiger partial charge in [0.05, 0.1) is 7.11 Å². The average Bonchev–Trinajstić information content (AvgIpc) is 2.26. The number of aryl methyl sites for hydroxylation is 1. The molecular formula is C11H15NO3. The second kappa shape index (κ2) is 5.36. The number of hydrogen-bond acceptors (Lipinski definition) is 3. The third-order valence-electron chi connectivity index (χ3n) is 2.01. The third-order valence-corrected chi connectivity index (χ3v) is 2.01.